The van der Waals surface area contributed by atoms with E-state index in [9.17, 15) is 4.79 Å². The zero-order chi connectivity index (χ0) is 14.4. The van der Waals surface area contributed by atoms with Crippen molar-refractivity contribution in [3.8, 4) is 0 Å². The van der Waals surface area contributed by atoms with Gasteiger partial charge < -0.3 is 15.0 Å². The molecule has 0 bridgehead atoms. The molecular weight excluding hydrogens is 252 g/mol. The van der Waals surface area contributed by atoms with Gasteiger partial charge in [-0.05, 0) is 18.1 Å². The van der Waals surface area contributed by atoms with E-state index in [-0.39, 0.29) is 12.5 Å². The summed E-state index contributed by atoms with van der Waals surface area (Å²) >= 11 is 0. The lowest BCUT2D eigenvalue weighted by molar-refractivity contribution is -0.131. The molecule has 0 saturated heterocycles. The summed E-state index contributed by atoms with van der Waals surface area (Å²) in [5.74, 6) is 0.0456. The van der Waals surface area contributed by atoms with Crippen molar-refractivity contribution < 1.29 is 9.90 Å². The van der Waals surface area contributed by atoms with E-state index in [0.717, 1.165) is 16.5 Å². The highest BCUT2D eigenvalue weighted by Crippen LogP contribution is 2.19. The van der Waals surface area contributed by atoms with E-state index < -0.39 is 0 Å². The normalized spacial score (nSPS) is 10.7. The number of aromatic nitrogens is 1. The monoisotopic (exact) mass is 272 g/mol. The molecule has 0 aliphatic heterocycles. The fourth-order valence-electron chi connectivity index (χ4n) is 2.33. The maximum atomic E-state index is 12.1. The first-order valence-electron chi connectivity index (χ1n) is 6.80. The van der Waals surface area contributed by atoms with Crippen molar-refractivity contribution in [1.29, 1.82) is 0 Å². The summed E-state index contributed by atoms with van der Waals surface area (Å²) in [4.78, 5) is 16.9. The van der Waals surface area contributed by atoms with Crippen molar-refractivity contribution in [2.75, 3.05) is 19.7 Å². The molecule has 1 heterocycles. The third-order valence-electron chi connectivity index (χ3n) is 3.36. The molecule has 0 atom stereocenters. The van der Waals surface area contributed by atoms with Crippen LogP contribution in [0.25, 0.3) is 10.9 Å². The number of para-hydroxylation sites is 1. The number of nitrogens with one attached hydrogen (secondary N) is 1. The maximum absolute atomic E-state index is 12.1. The molecule has 20 heavy (non-hydrogen) atoms. The summed E-state index contributed by atoms with van der Waals surface area (Å²) < 4.78 is 0. The Morgan fingerprint density at radius 3 is 2.95 bits per heavy atom. The van der Waals surface area contributed by atoms with Crippen molar-refractivity contribution in [3.05, 3.63) is 48.7 Å². The Bertz CT molecular complexity index is 589. The summed E-state index contributed by atoms with van der Waals surface area (Å²) in [6.45, 7) is 4.45. The first kappa shape index (κ1) is 14.3. The molecule has 1 amide bonds. The van der Waals surface area contributed by atoms with Crippen molar-refractivity contribution in [1.82, 2.24) is 9.88 Å². The van der Waals surface area contributed by atoms with Crippen LogP contribution in [-0.4, -0.2) is 40.6 Å². The van der Waals surface area contributed by atoms with Gasteiger partial charge in [-0.2, -0.15) is 0 Å². The standard InChI is InChI=1S/C16H20N2O2/c1-2-9-18(10-11-19)16(20)8-7-13-12-17-15-6-4-3-5-14(13)15/h2-6,12,17,19H,1,7-11H2. The number of aromatic amines is 1. The van der Waals surface area contributed by atoms with Crippen LogP contribution in [0.2, 0.25) is 0 Å². The van der Waals surface area contributed by atoms with Gasteiger partial charge in [0.15, 0.2) is 0 Å². The molecule has 4 nitrogen and oxygen atoms in total. The van der Waals surface area contributed by atoms with Gasteiger partial charge in [-0.25, -0.2) is 0 Å². The molecule has 0 spiro atoms. The number of amides is 1. The van der Waals surface area contributed by atoms with Gasteiger partial charge in [-0.1, -0.05) is 24.3 Å². The number of rotatable bonds is 7. The van der Waals surface area contributed by atoms with E-state index in [4.69, 9.17) is 5.11 Å². The third-order valence-corrected chi connectivity index (χ3v) is 3.36. The predicted molar refractivity (Wildman–Crippen MR) is 80.5 cm³/mol. The van der Waals surface area contributed by atoms with E-state index in [1.54, 1.807) is 11.0 Å². The van der Waals surface area contributed by atoms with Gasteiger partial charge in [0.25, 0.3) is 0 Å². The van der Waals surface area contributed by atoms with Gasteiger partial charge in [0, 0.05) is 36.6 Å². The summed E-state index contributed by atoms with van der Waals surface area (Å²) in [6.07, 6.45) is 4.78. The van der Waals surface area contributed by atoms with Gasteiger partial charge >= 0.3 is 0 Å². The minimum atomic E-state index is -0.0212. The van der Waals surface area contributed by atoms with Crippen LogP contribution >= 0.6 is 0 Å². The molecule has 0 aliphatic rings. The van der Waals surface area contributed by atoms with Crippen LogP contribution in [-0.2, 0) is 11.2 Å². The predicted octanol–water partition coefficient (Wildman–Crippen LogP) is 2.11. The minimum Gasteiger partial charge on any atom is -0.395 e. The first-order valence-corrected chi connectivity index (χ1v) is 6.80. The van der Waals surface area contributed by atoms with Crippen molar-refractivity contribution in [2.24, 2.45) is 0 Å². The lowest BCUT2D eigenvalue weighted by Gasteiger charge is -2.19. The van der Waals surface area contributed by atoms with Gasteiger partial charge in [-0.3, -0.25) is 4.79 Å². The number of hydrogen-bond donors (Lipinski definition) is 2. The third kappa shape index (κ3) is 3.27. The molecule has 1 aromatic heterocycles. The maximum Gasteiger partial charge on any atom is 0.223 e. The second-order valence-corrected chi connectivity index (χ2v) is 4.71. The molecule has 0 saturated carbocycles. The molecule has 2 N–H and O–H groups in total. The zero-order valence-electron chi connectivity index (χ0n) is 11.5. The molecule has 106 valence electrons. The number of hydrogen-bond acceptors (Lipinski definition) is 2. The minimum absolute atomic E-state index is 0.0212. The number of H-pyrrole nitrogens is 1. The average molecular weight is 272 g/mol. The molecule has 2 aromatic rings. The summed E-state index contributed by atoms with van der Waals surface area (Å²) in [6, 6.07) is 8.06. The number of benzene rings is 1. The number of carbonyl (C=O) groups excluding carboxylic acids is 1. The van der Waals surface area contributed by atoms with Gasteiger partial charge in [-0.15, -0.1) is 6.58 Å². The molecule has 0 fully saturated rings. The Morgan fingerprint density at radius 2 is 2.20 bits per heavy atom. The van der Waals surface area contributed by atoms with Crippen LogP contribution in [0, 0.1) is 0 Å². The number of aliphatic hydroxyl groups excluding tert-OH is 1. The Labute approximate surface area is 118 Å². The zero-order valence-corrected chi connectivity index (χ0v) is 11.5. The van der Waals surface area contributed by atoms with Crippen LogP contribution in [0.5, 0.6) is 0 Å². The summed E-state index contributed by atoms with van der Waals surface area (Å²) in [5, 5.41) is 10.1. The molecule has 0 unspecified atom stereocenters. The second kappa shape index (κ2) is 6.91. The van der Waals surface area contributed by atoms with Gasteiger partial charge in [0.2, 0.25) is 5.91 Å². The lowest BCUT2D eigenvalue weighted by atomic mass is 10.1. The van der Waals surface area contributed by atoms with E-state index in [0.29, 0.717) is 25.9 Å². The highest BCUT2D eigenvalue weighted by Gasteiger charge is 2.12. The Hall–Kier alpha value is -2.07. The Kier molecular flexibility index (Phi) is 4.96. The van der Waals surface area contributed by atoms with Crippen molar-refractivity contribution in [2.45, 2.75) is 12.8 Å². The highest BCUT2D eigenvalue weighted by molar-refractivity contribution is 5.84. The number of fused-ring (bicyclic) bond motifs is 1. The fourth-order valence-corrected chi connectivity index (χ4v) is 2.33. The van der Waals surface area contributed by atoms with Crippen molar-refractivity contribution >= 4 is 16.8 Å². The fraction of sp³-hybridized carbons (Fsp3) is 0.312. The highest BCUT2D eigenvalue weighted by atomic mass is 16.3. The van der Waals surface area contributed by atoms with Crippen molar-refractivity contribution in [3.63, 3.8) is 0 Å². The molecule has 0 radical (unpaired) electrons. The second-order valence-electron chi connectivity index (χ2n) is 4.71. The Morgan fingerprint density at radius 1 is 1.40 bits per heavy atom. The summed E-state index contributed by atoms with van der Waals surface area (Å²) in [7, 11) is 0. The van der Waals surface area contributed by atoms with E-state index in [2.05, 4.69) is 17.6 Å². The van der Waals surface area contributed by atoms with E-state index in [1.165, 1.54) is 0 Å². The Balaban J connectivity index is 2.00. The average Bonchev–Trinajstić information content (AvgIpc) is 2.88. The van der Waals surface area contributed by atoms with E-state index >= 15 is 0 Å². The number of carbonyl (C=O) groups is 1. The number of aliphatic hydroxyl groups is 1. The van der Waals surface area contributed by atoms with E-state index in [1.807, 2.05) is 24.4 Å². The molecule has 2 rings (SSSR count). The molecular formula is C16H20N2O2. The molecule has 1 aromatic carbocycles. The quantitative estimate of drug-likeness (QED) is 0.758. The van der Waals surface area contributed by atoms with Crippen LogP contribution in [0.15, 0.2) is 43.1 Å². The lowest BCUT2D eigenvalue weighted by Crippen LogP contribution is -2.33. The number of nitrogens with zero attached hydrogens (tertiary/aromatic N) is 1. The van der Waals surface area contributed by atoms with Gasteiger partial charge in [0.1, 0.15) is 0 Å². The van der Waals surface area contributed by atoms with Crippen LogP contribution < -0.4 is 0 Å². The summed E-state index contributed by atoms with van der Waals surface area (Å²) in [5.41, 5.74) is 2.24. The topological polar surface area (TPSA) is 56.3 Å². The van der Waals surface area contributed by atoms with Crippen LogP contribution in [0.4, 0.5) is 0 Å². The molecule has 0 aliphatic carbocycles. The van der Waals surface area contributed by atoms with Gasteiger partial charge in [0.05, 0.1) is 6.61 Å². The van der Waals surface area contributed by atoms with Crippen LogP contribution in [0.3, 0.4) is 0 Å². The van der Waals surface area contributed by atoms with Crippen LogP contribution in [0.1, 0.15) is 12.0 Å². The SMILES string of the molecule is C=CCN(CCO)C(=O)CCc1c[nH]c2ccccc12. The molecule has 4 heteroatoms. The number of aryl methyl sites for hydroxylation is 1. The first-order chi connectivity index (χ1) is 9.76. The largest absolute Gasteiger partial charge is 0.395 e. The smallest absolute Gasteiger partial charge is 0.223 e.